The molecule has 0 aliphatic rings. The molecule has 2 heterocycles. The van der Waals surface area contributed by atoms with Crippen molar-refractivity contribution in [2.45, 2.75) is 29.8 Å². The van der Waals surface area contributed by atoms with Crippen LogP contribution in [0.2, 0.25) is 0 Å². The van der Waals surface area contributed by atoms with Gasteiger partial charge in [0, 0.05) is 18.0 Å². The van der Waals surface area contributed by atoms with Gasteiger partial charge in [0.05, 0.1) is 16.4 Å². The highest BCUT2D eigenvalue weighted by Crippen LogP contribution is 2.34. The molecular formula is C15H18N4S. The zero-order valence-corrected chi connectivity index (χ0v) is 12.5. The van der Waals surface area contributed by atoms with E-state index in [1.165, 1.54) is 5.39 Å². The summed E-state index contributed by atoms with van der Waals surface area (Å²) in [4.78, 5) is 3.41. The van der Waals surface area contributed by atoms with Crippen LogP contribution in [0.15, 0.2) is 40.4 Å². The number of nitrogens with two attached hydrogens (primary N) is 1. The Morgan fingerprint density at radius 2 is 2.15 bits per heavy atom. The Morgan fingerprint density at radius 1 is 1.35 bits per heavy atom. The van der Waals surface area contributed by atoms with Gasteiger partial charge < -0.3 is 10.7 Å². The van der Waals surface area contributed by atoms with Gasteiger partial charge in [-0.25, -0.2) is 0 Å². The molecule has 1 aromatic carbocycles. The Kier molecular flexibility index (Phi) is 3.44. The molecule has 20 heavy (non-hydrogen) atoms. The van der Waals surface area contributed by atoms with E-state index in [2.05, 4.69) is 35.2 Å². The highest BCUT2D eigenvalue weighted by Gasteiger charge is 2.14. The third-order valence-corrected chi connectivity index (χ3v) is 4.42. The molecule has 5 heteroatoms. The first-order valence-electron chi connectivity index (χ1n) is 6.76. The van der Waals surface area contributed by atoms with Crippen LogP contribution in [0.1, 0.15) is 19.0 Å². The molecule has 0 atom stereocenters. The fourth-order valence-corrected chi connectivity index (χ4v) is 3.28. The van der Waals surface area contributed by atoms with E-state index in [9.17, 15) is 0 Å². The molecule has 0 fully saturated rings. The zero-order chi connectivity index (χ0) is 14.1. The van der Waals surface area contributed by atoms with E-state index in [-0.39, 0.29) is 0 Å². The van der Waals surface area contributed by atoms with E-state index < -0.39 is 0 Å². The zero-order valence-electron chi connectivity index (χ0n) is 11.7. The van der Waals surface area contributed by atoms with Crippen molar-refractivity contribution in [1.29, 1.82) is 0 Å². The number of fused-ring (bicyclic) bond motifs is 1. The molecule has 2 aromatic heterocycles. The van der Waals surface area contributed by atoms with Crippen LogP contribution in [0.4, 0.5) is 5.69 Å². The van der Waals surface area contributed by atoms with Crippen LogP contribution in [-0.2, 0) is 13.5 Å². The van der Waals surface area contributed by atoms with E-state index in [1.54, 1.807) is 11.8 Å². The molecular weight excluding hydrogens is 268 g/mol. The number of rotatable bonds is 4. The Hall–Kier alpha value is -1.88. The molecule has 104 valence electrons. The lowest BCUT2D eigenvalue weighted by molar-refractivity contribution is 0.681. The van der Waals surface area contributed by atoms with Crippen LogP contribution in [0.25, 0.3) is 10.9 Å². The second kappa shape index (κ2) is 5.25. The molecule has 0 amide bonds. The number of benzene rings is 1. The van der Waals surface area contributed by atoms with Crippen molar-refractivity contribution in [3.8, 4) is 0 Å². The summed E-state index contributed by atoms with van der Waals surface area (Å²) in [5, 5.41) is 7.81. The predicted molar refractivity (Wildman–Crippen MR) is 84.0 cm³/mol. The molecule has 3 rings (SSSR count). The number of anilines is 1. The second-order valence-corrected chi connectivity index (χ2v) is 5.89. The highest BCUT2D eigenvalue weighted by molar-refractivity contribution is 7.99. The van der Waals surface area contributed by atoms with E-state index in [0.29, 0.717) is 0 Å². The van der Waals surface area contributed by atoms with Gasteiger partial charge in [0.2, 0.25) is 0 Å². The summed E-state index contributed by atoms with van der Waals surface area (Å²) in [6, 6.07) is 10.4. The van der Waals surface area contributed by atoms with Crippen LogP contribution in [-0.4, -0.2) is 14.8 Å². The summed E-state index contributed by atoms with van der Waals surface area (Å²) in [5.74, 6) is 0. The van der Waals surface area contributed by atoms with Crippen LogP contribution in [0, 0.1) is 0 Å². The molecule has 0 aliphatic carbocycles. The molecule has 0 aliphatic heterocycles. The van der Waals surface area contributed by atoms with E-state index in [0.717, 1.165) is 39.8 Å². The van der Waals surface area contributed by atoms with Gasteiger partial charge in [0.15, 0.2) is 0 Å². The number of nitrogens with one attached hydrogen (secondary N) is 1. The largest absolute Gasteiger partial charge is 0.395 e. The number of aromatic amines is 1. The number of nitrogens with zero attached hydrogens (tertiary/aromatic N) is 2. The lowest BCUT2D eigenvalue weighted by atomic mass is 10.2. The number of aryl methyl sites for hydroxylation is 2. The summed E-state index contributed by atoms with van der Waals surface area (Å²) in [6.07, 6.45) is 1.98. The predicted octanol–water partition coefficient (Wildman–Crippen LogP) is 3.59. The first-order chi connectivity index (χ1) is 9.69. The maximum Gasteiger partial charge on any atom is 0.123 e. The van der Waals surface area contributed by atoms with Gasteiger partial charge in [0.1, 0.15) is 5.03 Å². The highest BCUT2D eigenvalue weighted by atomic mass is 32.2. The van der Waals surface area contributed by atoms with Crippen molar-refractivity contribution in [1.82, 2.24) is 14.8 Å². The minimum Gasteiger partial charge on any atom is -0.395 e. The Morgan fingerprint density at radius 3 is 2.90 bits per heavy atom. The number of hydrogen-bond donors (Lipinski definition) is 2. The standard InChI is InChI=1S/C15H18N4S/c1-3-6-12-14(16)15(19(2)18-12)20-13-9-10-7-4-5-8-11(10)17-13/h4-5,7-9,17H,3,6,16H2,1-2H3. The fraction of sp³-hybridized carbons (Fsp3) is 0.267. The number of hydrogen-bond acceptors (Lipinski definition) is 3. The Labute approximate surface area is 122 Å². The van der Waals surface area contributed by atoms with Crippen LogP contribution < -0.4 is 5.73 Å². The first-order valence-corrected chi connectivity index (χ1v) is 7.57. The van der Waals surface area contributed by atoms with E-state index in [4.69, 9.17) is 5.73 Å². The number of nitrogen functional groups attached to an aromatic ring is 1. The molecule has 0 bridgehead atoms. The van der Waals surface area contributed by atoms with Crippen LogP contribution in [0.3, 0.4) is 0 Å². The number of para-hydroxylation sites is 1. The average Bonchev–Trinajstić information content (AvgIpc) is 2.95. The van der Waals surface area contributed by atoms with Crippen molar-refractivity contribution in [3.63, 3.8) is 0 Å². The monoisotopic (exact) mass is 286 g/mol. The summed E-state index contributed by atoms with van der Waals surface area (Å²) < 4.78 is 1.87. The quantitative estimate of drug-likeness (QED) is 0.770. The summed E-state index contributed by atoms with van der Waals surface area (Å²) >= 11 is 1.63. The minimum absolute atomic E-state index is 0.804. The number of aromatic nitrogens is 3. The third-order valence-electron chi connectivity index (χ3n) is 3.30. The summed E-state index contributed by atoms with van der Waals surface area (Å²) in [7, 11) is 1.94. The normalized spacial score (nSPS) is 11.3. The van der Waals surface area contributed by atoms with Crippen molar-refractivity contribution in [2.24, 2.45) is 7.05 Å². The fourth-order valence-electron chi connectivity index (χ4n) is 2.33. The van der Waals surface area contributed by atoms with Gasteiger partial charge in [0.25, 0.3) is 0 Å². The molecule has 0 radical (unpaired) electrons. The number of H-pyrrole nitrogens is 1. The van der Waals surface area contributed by atoms with Crippen molar-refractivity contribution in [2.75, 3.05) is 5.73 Å². The molecule has 0 saturated carbocycles. The molecule has 0 saturated heterocycles. The molecule has 0 spiro atoms. The average molecular weight is 286 g/mol. The molecule has 3 aromatic rings. The summed E-state index contributed by atoms with van der Waals surface area (Å²) in [6.45, 7) is 2.14. The van der Waals surface area contributed by atoms with Crippen molar-refractivity contribution < 1.29 is 0 Å². The van der Waals surface area contributed by atoms with Gasteiger partial charge in [-0.05, 0) is 18.6 Å². The van der Waals surface area contributed by atoms with Gasteiger partial charge in [-0.1, -0.05) is 43.3 Å². The Balaban J connectivity index is 1.94. The third kappa shape index (κ3) is 2.29. The van der Waals surface area contributed by atoms with Crippen molar-refractivity contribution >= 4 is 28.4 Å². The van der Waals surface area contributed by atoms with Gasteiger partial charge in [-0.2, -0.15) is 5.10 Å². The van der Waals surface area contributed by atoms with Crippen molar-refractivity contribution in [3.05, 3.63) is 36.0 Å². The lowest BCUT2D eigenvalue weighted by Gasteiger charge is -2.00. The van der Waals surface area contributed by atoms with E-state index in [1.807, 2.05) is 23.9 Å². The minimum atomic E-state index is 0.804. The maximum absolute atomic E-state index is 6.21. The SMILES string of the molecule is CCCc1nn(C)c(Sc2cc3ccccc3[nH]2)c1N. The van der Waals surface area contributed by atoms with Gasteiger partial charge in [-0.3, -0.25) is 4.68 Å². The first kappa shape index (κ1) is 13.1. The second-order valence-electron chi connectivity index (χ2n) is 4.86. The Bertz CT molecular complexity index is 708. The van der Waals surface area contributed by atoms with E-state index >= 15 is 0 Å². The van der Waals surface area contributed by atoms with Gasteiger partial charge >= 0.3 is 0 Å². The lowest BCUT2D eigenvalue weighted by Crippen LogP contribution is -1.93. The van der Waals surface area contributed by atoms with Crippen LogP contribution >= 0.6 is 11.8 Å². The molecule has 4 nitrogen and oxygen atoms in total. The smallest absolute Gasteiger partial charge is 0.123 e. The molecule has 3 N–H and O–H groups in total. The van der Waals surface area contributed by atoms with Crippen LogP contribution in [0.5, 0.6) is 0 Å². The van der Waals surface area contributed by atoms with Gasteiger partial charge in [-0.15, -0.1) is 0 Å². The maximum atomic E-state index is 6.21. The summed E-state index contributed by atoms with van der Waals surface area (Å²) in [5.41, 5.74) is 9.16. The molecule has 0 unspecified atom stereocenters. The topological polar surface area (TPSA) is 59.6 Å².